The van der Waals surface area contributed by atoms with Crippen LogP contribution in [0, 0.1) is 0 Å². The second kappa shape index (κ2) is 4.58. The van der Waals surface area contributed by atoms with Gasteiger partial charge in [0.15, 0.2) is 5.78 Å². The predicted octanol–water partition coefficient (Wildman–Crippen LogP) is 3.78. The Morgan fingerprint density at radius 1 is 0.842 bits per heavy atom. The van der Waals surface area contributed by atoms with E-state index in [4.69, 9.17) is 0 Å². The van der Waals surface area contributed by atoms with E-state index in [-0.39, 0.29) is 11.5 Å². The molecule has 3 aromatic rings. The van der Waals surface area contributed by atoms with E-state index >= 15 is 0 Å². The van der Waals surface area contributed by atoms with E-state index in [9.17, 15) is 9.90 Å². The van der Waals surface area contributed by atoms with E-state index in [1.807, 2.05) is 36.4 Å². The quantitative estimate of drug-likeness (QED) is 0.701. The van der Waals surface area contributed by atoms with Crippen LogP contribution < -0.4 is 0 Å². The molecule has 0 aliphatic carbocycles. The van der Waals surface area contributed by atoms with Gasteiger partial charge in [0, 0.05) is 11.1 Å². The van der Waals surface area contributed by atoms with Crippen LogP contribution in [0.3, 0.4) is 0 Å². The van der Waals surface area contributed by atoms with Gasteiger partial charge in [-0.05, 0) is 22.9 Å². The summed E-state index contributed by atoms with van der Waals surface area (Å²) >= 11 is 0. The molecule has 0 unspecified atom stereocenters. The molecule has 0 aliphatic rings. The molecule has 3 rings (SSSR count). The van der Waals surface area contributed by atoms with Crippen molar-refractivity contribution in [1.82, 2.24) is 0 Å². The number of carbonyl (C=O) groups excluding carboxylic acids is 1. The van der Waals surface area contributed by atoms with Crippen LogP contribution in [0.4, 0.5) is 0 Å². The first-order valence-electron chi connectivity index (χ1n) is 6.07. The molecule has 0 aromatic heterocycles. The lowest BCUT2D eigenvalue weighted by Gasteiger charge is -2.06. The summed E-state index contributed by atoms with van der Waals surface area (Å²) in [5, 5.41) is 11.3. The van der Waals surface area contributed by atoms with Gasteiger partial charge in [0.1, 0.15) is 5.75 Å². The topological polar surface area (TPSA) is 37.3 Å². The van der Waals surface area contributed by atoms with Crippen molar-refractivity contribution in [1.29, 1.82) is 0 Å². The summed E-state index contributed by atoms with van der Waals surface area (Å²) in [4.78, 5) is 12.5. The summed E-state index contributed by atoms with van der Waals surface area (Å²) in [6.45, 7) is 0. The molecule has 2 heteroatoms. The fourth-order valence-corrected chi connectivity index (χ4v) is 2.20. The smallest absolute Gasteiger partial charge is 0.193 e. The second-order valence-corrected chi connectivity index (χ2v) is 4.41. The minimum absolute atomic E-state index is 0.0307. The summed E-state index contributed by atoms with van der Waals surface area (Å²) < 4.78 is 0. The van der Waals surface area contributed by atoms with Crippen molar-refractivity contribution in [3.63, 3.8) is 0 Å². The molecule has 0 atom stereocenters. The molecule has 0 fully saturated rings. The lowest BCUT2D eigenvalue weighted by atomic mass is 9.97. The number of phenolic OH excluding ortho intramolecular Hbond substituents is 1. The van der Waals surface area contributed by atoms with Gasteiger partial charge < -0.3 is 5.11 Å². The molecule has 0 radical (unpaired) electrons. The maximum Gasteiger partial charge on any atom is 0.193 e. The summed E-state index contributed by atoms with van der Waals surface area (Å²) in [5.41, 5.74) is 1.26. The first kappa shape index (κ1) is 11.5. The van der Waals surface area contributed by atoms with E-state index in [0.29, 0.717) is 11.1 Å². The number of carbonyl (C=O) groups is 1. The number of hydrogen-bond donors (Lipinski definition) is 1. The minimum Gasteiger partial charge on any atom is -0.508 e. The molecule has 0 amide bonds. The van der Waals surface area contributed by atoms with Crippen LogP contribution in [0.15, 0.2) is 66.7 Å². The molecule has 0 saturated carbocycles. The number of ketones is 1. The van der Waals surface area contributed by atoms with Gasteiger partial charge >= 0.3 is 0 Å². The summed E-state index contributed by atoms with van der Waals surface area (Å²) in [6, 6.07) is 19.8. The van der Waals surface area contributed by atoms with Gasteiger partial charge in [0.05, 0.1) is 0 Å². The minimum atomic E-state index is -0.0307. The number of hydrogen-bond acceptors (Lipinski definition) is 2. The van der Waals surface area contributed by atoms with Crippen molar-refractivity contribution in [2.75, 3.05) is 0 Å². The molecule has 0 bridgehead atoms. The monoisotopic (exact) mass is 248 g/mol. The Morgan fingerprint density at radius 2 is 1.63 bits per heavy atom. The normalized spacial score (nSPS) is 10.5. The molecule has 19 heavy (non-hydrogen) atoms. The van der Waals surface area contributed by atoms with Gasteiger partial charge in [-0.15, -0.1) is 0 Å². The lowest BCUT2D eigenvalue weighted by molar-refractivity contribution is 0.104. The molecule has 0 spiro atoms. The standard InChI is InChI=1S/C17H12O2/c18-14-10-9-12-7-4-8-15(16(12)11-14)17(19)13-5-2-1-3-6-13/h1-11,18H. The molecule has 0 saturated heterocycles. The number of benzene rings is 3. The van der Waals surface area contributed by atoms with Crippen molar-refractivity contribution in [3.05, 3.63) is 77.9 Å². The zero-order valence-electron chi connectivity index (χ0n) is 10.2. The van der Waals surface area contributed by atoms with Crippen LogP contribution in [0.2, 0.25) is 0 Å². The van der Waals surface area contributed by atoms with Crippen molar-refractivity contribution in [2.24, 2.45) is 0 Å². The molecular formula is C17H12O2. The highest BCUT2D eigenvalue weighted by Gasteiger charge is 2.12. The van der Waals surface area contributed by atoms with Crippen molar-refractivity contribution in [3.8, 4) is 5.75 Å². The first-order chi connectivity index (χ1) is 9.25. The number of rotatable bonds is 2. The molecular weight excluding hydrogens is 236 g/mol. The maximum absolute atomic E-state index is 12.5. The Labute approximate surface area is 110 Å². The van der Waals surface area contributed by atoms with E-state index in [1.165, 1.54) is 0 Å². The SMILES string of the molecule is O=C(c1ccccc1)c1cccc2ccc(O)cc12. The Morgan fingerprint density at radius 3 is 2.42 bits per heavy atom. The largest absolute Gasteiger partial charge is 0.508 e. The molecule has 92 valence electrons. The lowest BCUT2D eigenvalue weighted by Crippen LogP contribution is -2.01. The molecule has 0 heterocycles. The Balaban J connectivity index is 2.20. The van der Waals surface area contributed by atoms with Gasteiger partial charge in [-0.1, -0.05) is 54.6 Å². The van der Waals surface area contributed by atoms with Crippen LogP contribution in [0.1, 0.15) is 15.9 Å². The predicted molar refractivity (Wildman–Crippen MR) is 75.5 cm³/mol. The van der Waals surface area contributed by atoms with Crippen LogP contribution in [-0.2, 0) is 0 Å². The molecule has 0 aliphatic heterocycles. The molecule has 2 nitrogen and oxygen atoms in total. The highest BCUT2D eigenvalue weighted by atomic mass is 16.3. The zero-order chi connectivity index (χ0) is 13.2. The highest BCUT2D eigenvalue weighted by Crippen LogP contribution is 2.25. The third-order valence-corrected chi connectivity index (χ3v) is 3.15. The summed E-state index contributed by atoms with van der Waals surface area (Å²) in [6.07, 6.45) is 0. The molecule has 1 N–H and O–H groups in total. The van der Waals surface area contributed by atoms with Gasteiger partial charge in [0.2, 0.25) is 0 Å². The summed E-state index contributed by atoms with van der Waals surface area (Å²) in [5.74, 6) is 0.137. The van der Waals surface area contributed by atoms with Crippen LogP contribution in [0.5, 0.6) is 5.75 Å². The van der Waals surface area contributed by atoms with Crippen LogP contribution in [0.25, 0.3) is 10.8 Å². The Hall–Kier alpha value is -2.61. The number of phenols is 1. The average Bonchev–Trinajstić information content (AvgIpc) is 2.47. The fraction of sp³-hybridized carbons (Fsp3) is 0. The fourth-order valence-electron chi connectivity index (χ4n) is 2.20. The van der Waals surface area contributed by atoms with Crippen LogP contribution >= 0.6 is 0 Å². The van der Waals surface area contributed by atoms with Gasteiger partial charge in [0.25, 0.3) is 0 Å². The van der Waals surface area contributed by atoms with Gasteiger partial charge in [-0.25, -0.2) is 0 Å². The van der Waals surface area contributed by atoms with Gasteiger partial charge in [-0.3, -0.25) is 4.79 Å². The highest BCUT2D eigenvalue weighted by molar-refractivity contribution is 6.16. The Kier molecular flexibility index (Phi) is 2.76. The summed E-state index contributed by atoms with van der Waals surface area (Å²) in [7, 11) is 0. The van der Waals surface area contributed by atoms with Crippen molar-refractivity contribution in [2.45, 2.75) is 0 Å². The zero-order valence-corrected chi connectivity index (χ0v) is 10.2. The number of aromatic hydroxyl groups is 1. The van der Waals surface area contributed by atoms with E-state index in [1.54, 1.807) is 30.3 Å². The number of fused-ring (bicyclic) bond motifs is 1. The van der Waals surface area contributed by atoms with E-state index in [2.05, 4.69) is 0 Å². The van der Waals surface area contributed by atoms with Crippen molar-refractivity contribution >= 4 is 16.6 Å². The van der Waals surface area contributed by atoms with E-state index in [0.717, 1.165) is 10.8 Å². The Bertz CT molecular complexity index is 746. The second-order valence-electron chi connectivity index (χ2n) is 4.41. The van der Waals surface area contributed by atoms with Crippen molar-refractivity contribution < 1.29 is 9.90 Å². The third-order valence-electron chi connectivity index (χ3n) is 3.15. The van der Waals surface area contributed by atoms with Gasteiger partial charge in [-0.2, -0.15) is 0 Å². The van der Waals surface area contributed by atoms with Crippen LogP contribution in [-0.4, -0.2) is 10.9 Å². The molecule has 3 aromatic carbocycles. The maximum atomic E-state index is 12.5. The first-order valence-corrected chi connectivity index (χ1v) is 6.07. The third kappa shape index (κ3) is 2.08. The van der Waals surface area contributed by atoms with E-state index < -0.39 is 0 Å². The average molecular weight is 248 g/mol.